The minimum Gasteiger partial charge on any atom is -0.469 e. The highest BCUT2D eigenvalue weighted by molar-refractivity contribution is 5.94. The highest BCUT2D eigenvalue weighted by atomic mass is 19.4. The lowest BCUT2D eigenvalue weighted by Gasteiger charge is -2.35. The molecule has 38 heavy (non-hydrogen) atoms. The minimum atomic E-state index is -4.87. The van der Waals surface area contributed by atoms with Crippen LogP contribution >= 0.6 is 0 Å². The molecular formula is C25H25F3N6O4. The van der Waals surface area contributed by atoms with E-state index in [1.54, 1.807) is 4.90 Å². The van der Waals surface area contributed by atoms with Crippen molar-refractivity contribution in [2.75, 3.05) is 13.1 Å². The summed E-state index contributed by atoms with van der Waals surface area (Å²) in [5.41, 5.74) is -2.58. The van der Waals surface area contributed by atoms with Gasteiger partial charge in [0.1, 0.15) is 23.6 Å². The Balaban J connectivity index is 1.69. The summed E-state index contributed by atoms with van der Waals surface area (Å²) < 4.78 is 54.3. The van der Waals surface area contributed by atoms with Gasteiger partial charge in [0.15, 0.2) is 11.3 Å². The molecule has 0 aromatic carbocycles. The van der Waals surface area contributed by atoms with Crippen molar-refractivity contribution in [3.05, 3.63) is 56.9 Å². The molecule has 1 amide bonds. The van der Waals surface area contributed by atoms with Gasteiger partial charge >= 0.3 is 6.18 Å². The molecule has 0 spiro atoms. The third-order valence-corrected chi connectivity index (χ3v) is 6.24. The van der Waals surface area contributed by atoms with E-state index in [0.29, 0.717) is 13.1 Å². The van der Waals surface area contributed by atoms with Crippen molar-refractivity contribution < 1.29 is 27.4 Å². The first-order valence-electron chi connectivity index (χ1n) is 11.8. The number of halogens is 3. The van der Waals surface area contributed by atoms with Crippen LogP contribution in [0.25, 0.3) is 11.0 Å². The van der Waals surface area contributed by atoms with Gasteiger partial charge in [0.25, 0.3) is 11.5 Å². The molecule has 1 aliphatic heterocycles. The second-order valence-electron chi connectivity index (χ2n) is 9.23. The summed E-state index contributed by atoms with van der Waals surface area (Å²) in [7, 11) is 1.45. The van der Waals surface area contributed by atoms with Crippen molar-refractivity contribution in [1.29, 1.82) is 5.26 Å². The Morgan fingerprint density at radius 3 is 2.50 bits per heavy atom. The summed E-state index contributed by atoms with van der Waals surface area (Å²) in [5.74, 6) is -0.408. The fraction of sp³-hybridized carbons (Fsp3) is 0.440. The van der Waals surface area contributed by atoms with Gasteiger partial charge in [-0.2, -0.15) is 18.4 Å². The Hall–Kier alpha value is -4.05. The van der Waals surface area contributed by atoms with Crippen molar-refractivity contribution in [3.63, 3.8) is 0 Å². The fourth-order valence-electron chi connectivity index (χ4n) is 4.35. The number of aryl methyl sites for hydroxylation is 1. The second-order valence-corrected chi connectivity index (χ2v) is 9.23. The van der Waals surface area contributed by atoms with Gasteiger partial charge in [-0.3, -0.25) is 14.2 Å². The molecule has 3 aromatic rings. The molecule has 0 aliphatic carbocycles. The standard InChI is InChI=1S/C25H25F3N6O4/c1-12-10-34(11-13(2)37-12)23(35)17-6-16(8-29)22(30-9-17)38-14(3)18-7-19-21(32-20(18)25(26,27)28)31-15(4)33(5)24(19)36/h6-7,9,12-14H,10-11H2,1-5H3. The van der Waals surface area contributed by atoms with E-state index < -0.39 is 29.1 Å². The Morgan fingerprint density at radius 2 is 1.89 bits per heavy atom. The van der Waals surface area contributed by atoms with Crippen LogP contribution in [0.2, 0.25) is 0 Å². The van der Waals surface area contributed by atoms with Crippen molar-refractivity contribution >= 4 is 16.9 Å². The molecule has 3 atom stereocenters. The van der Waals surface area contributed by atoms with Gasteiger partial charge in [-0.1, -0.05) is 0 Å². The quantitative estimate of drug-likeness (QED) is 0.504. The molecule has 0 saturated carbocycles. The number of hydrogen-bond donors (Lipinski definition) is 0. The first-order chi connectivity index (χ1) is 17.8. The maximum atomic E-state index is 13.9. The first kappa shape index (κ1) is 27.0. The predicted molar refractivity (Wildman–Crippen MR) is 128 cm³/mol. The lowest BCUT2D eigenvalue weighted by atomic mass is 10.1. The molecule has 13 heteroatoms. The van der Waals surface area contributed by atoms with E-state index in [2.05, 4.69) is 15.0 Å². The summed E-state index contributed by atoms with van der Waals surface area (Å²) in [6.45, 7) is 7.22. The average molecular weight is 531 g/mol. The third-order valence-electron chi connectivity index (χ3n) is 6.24. The number of carbonyl (C=O) groups excluding carboxylic acids is 1. The molecule has 3 aromatic heterocycles. The van der Waals surface area contributed by atoms with Gasteiger partial charge in [0, 0.05) is 31.9 Å². The molecule has 0 bridgehead atoms. The number of ether oxygens (including phenoxy) is 2. The Morgan fingerprint density at radius 1 is 1.24 bits per heavy atom. The lowest BCUT2D eigenvalue weighted by molar-refractivity contribution is -0.142. The molecule has 10 nitrogen and oxygen atoms in total. The van der Waals surface area contributed by atoms with Crippen LogP contribution in [-0.4, -0.2) is 55.6 Å². The van der Waals surface area contributed by atoms with Crippen LogP contribution in [0.5, 0.6) is 5.88 Å². The second kappa shape index (κ2) is 10.0. The molecule has 1 aliphatic rings. The number of pyridine rings is 2. The van der Waals surface area contributed by atoms with Crippen molar-refractivity contribution in [1.82, 2.24) is 24.4 Å². The van der Waals surface area contributed by atoms with E-state index in [1.807, 2.05) is 19.9 Å². The highest BCUT2D eigenvalue weighted by Gasteiger charge is 2.38. The molecule has 1 fully saturated rings. The maximum absolute atomic E-state index is 13.9. The number of alkyl halides is 3. The third kappa shape index (κ3) is 5.17. The maximum Gasteiger partial charge on any atom is 0.433 e. The van der Waals surface area contributed by atoms with E-state index in [1.165, 1.54) is 37.7 Å². The average Bonchev–Trinajstić information content (AvgIpc) is 2.85. The largest absolute Gasteiger partial charge is 0.469 e. The number of carbonyl (C=O) groups is 1. The van der Waals surface area contributed by atoms with Gasteiger partial charge in [0.05, 0.1) is 23.2 Å². The van der Waals surface area contributed by atoms with Crippen LogP contribution in [-0.2, 0) is 18.0 Å². The van der Waals surface area contributed by atoms with Crippen LogP contribution in [0.4, 0.5) is 13.2 Å². The number of nitriles is 1. The molecule has 1 saturated heterocycles. The summed E-state index contributed by atoms with van der Waals surface area (Å²) in [6, 6.07) is 4.22. The Bertz CT molecular complexity index is 1500. The summed E-state index contributed by atoms with van der Waals surface area (Å²) in [4.78, 5) is 39.0. The number of morpholine rings is 1. The zero-order chi connectivity index (χ0) is 27.9. The van der Waals surface area contributed by atoms with Crippen LogP contribution in [0.1, 0.15) is 59.9 Å². The number of aromatic nitrogens is 4. The Kier molecular flexibility index (Phi) is 7.12. The van der Waals surface area contributed by atoms with Gasteiger partial charge in [-0.05, 0) is 39.8 Å². The zero-order valence-electron chi connectivity index (χ0n) is 21.3. The lowest BCUT2D eigenvalue weighted by Crippen LogP contribution is -2.48. The summed E-state index contributed by atoms with van der Waals surface area (Å²) in [6.07, 6.45) is -5.29. The van der Waals surface area contributed by atoms with Crippen LogP contribution in [0.3, 0.4) is 0 Å². The number of hydrogen-bond acceptors (Lipinski definition) is 8. The topological polar surface area (TPSA) is 123 Å². The Labute approximate surface area is 215 Å². The first-order valence-corrected chi connectivity index (χ1v) is 11.8. The number of rotatable bonds is 4. The smallest absolute Gasteiger partial charge is 0.433 e. The number of fused-ring (bicyclic) bond motifs is 1. The van der Waals surface area contributed by atoms with Gasteiger partial charge in [0.2, 0.25) is 5.88 Å². The van der Waals surface area contributed by atoms with E-state index in [-0.39, 0.29) is 52.0 Å². The van der Waals surface area contributed by atoms with Gasteiger partial charge in [-0.15, -0.1) is 0 Å². The van der Waals surface area contributed by atoms with Crippen molar-refractivity contribution in [2.45, 2.75) is 52.2 Å². The molecule has 200 valence electrons. The minimum absolute atomic E-state index is 0.111. The number of nitrogens with zero attached hydrogens (tertiary/aromatic N) is 6. The van der Waals surface area contributed by atoms with Gasteiger partial charge < -0.3 is 14.4 Å². The molecule has 0 N–H and O–H groups in total. The SMILES string of the molecule is Cc1nc2nc(C(F)(F)F)c(C(C)Oc3ncc(C(=O)N4CC(C)OC(C)C4)cc3C#N)cc2c(=O)n1C. The van der Waals surface area contributed by atoms with Crippen LogP contribution in [0.15, 0.2) is 23.1 Å². The van der Waals surface area contributed by atoms with E-state index in [4.69, 9.17) is 9.47 Å². The zero-order valence-corrected chi connectivity index (χ0v) is 21.3. The molecule has 3 unspecified atom stereocenters. The van der Waals surface area contributed by atoms with Crippen molar-refractivity contribution in [2.24, 2.45) is 7.05 Å². The van der Waals surface area contributed by atoms with E-state index >= 15 is 0 Å². The van der Waals surface area contributed by atoms with Crippen molar-refractivity contribution in [3.8, 4) is 11.9 Å². The molecule has 0 radical (unpaired) electrons. The highest BCUT2D eigenvalue weighted by Crippen LogP contribution is 2.36. The summed E-state index contributed by atoms with van der Waals surface area (Å²) in [5, 5.41) is 9.55. The van der Waals surface area contributed by atoms with E-state index in [0.717, 1.165) is 6.07 Å². The van der Waals surface area contributed by atoms with Gasteiger partial charge in [-0.25, -0.2) is 15.0 Å². The molecular weight excluding hydrogens is 505 g/mol. The normalized spacial score (nSPS) is 18.8. The number of amides is 1. The molecule has 4 rings (SSSR count). The van der Waals surface area contributed by atoms with Crippen LogP contribution in [0, 0.1) is 18.3 Å². The monoisotopic (exact) mass is 530 g/mol. The molecule has 4 heterocycles. The summed E-state index contributed by atoms with van der Waals surface area (Å²) >= 11 is 0. The van der Waals surface area contributed by atoms with Crippen LogP contribution < -0.4 is 10.3 Å². The predicted octanol–water partition coefficient (Wildman–Crippen LogP) is 3.31. The van der Waals surface area contributed by atoms with E-state index in [9.17, 15) is 28.0 Å². The fourth-order valence-corrected chi connectivity index (χ4v) is 4.35.